The molecule has 7 nitrogen and oxygen atoms in total. The van der Waals surface area contributed by atoms with Crippen molar-refractivity contribution in [1.29, 1.82) is 0 Å². The van der Waals surface area contributed by atoms with E-state index in [2.05, 4.69) is 0 Å². The lowest BCUT2D eigenvalue weighted by Gasteiger charge is -2.25. The lowest BCUT2D eigenvalue weighted by molar-refractivity contribution is -0.242. The van der Waals surface area contributed by atoms with Crippen LogP contribution in [-0.2, 0) is 14.6 Å². The van der Waals surface area contributed by atoms with Crippen LogP contribution >= 0.6 is 11.6 Å². The fourth-order valence-corrected chi connectivity index (χ4v) is 4.97. The van der Waals surface area contributed by atoms with Crippen molar-refractivity contribution < 1.29 is 36.6 Å². The molecule has 1 fully saturated rings. The largest absolute Gasteiger partial charge is 0.426 e. The Morgan fingerprint density at radius 3 is 2.44 bits per heavy atom. The molecule has 1 unspecified atom stereocenters. The van der Waals surface area contributed by atoms with E-state index in [0.717, 1.165) is 18.2 Å². The molecule has 2 atom stereocenters. The molecule has 32 heavy (non-hydrogen) atoms. The monoisotopic (exact) mass is 492 g/mol. The normalized spacial score (nSPS) is 19.0. The van der Waals surface area contributed by atoms with E-state index in [1.807, 2.05) is 5.32 Å². The number of benzene rings is 2. The van der Waals surface area contributed by atoms with E-state index in [1.54, 1.807) is 17.0 Å². The van der Waals surface area contributed by atoms with Gasteiger partial charge in [-0.15, -0.1) is 0 Å². The van der Waals surface area contributed by atoms with E-state index < -0.39 is 33.6 Å². The van der Waals surface area contributed by atoms with Crippen LogP contribution in [0.1, 0.15) is 13.3 Å². The van der Waals surface area contributed by atoms with E-state index in [1.165, 1.54) is 12.1 Å². The topological polar surface area (TPSA) is 107 Å². The van der Waals surface area contributed by atoms with Gasteiger partial charge in [-0.05, 0) is 43.7 Å². The van der Waals surface area contributed by atoms with E-state index in [0.29, 0.717) is 25.6 Å². The highest BCUT2D eigenvalue weighted by Crippen LogP contribution is 2.36. The molecule has 3 N–H and O–H groups in total. The van der Waals surface area contributed by atoms with Crippen LogP contribution in [0.5, 0.6) is 0 Å². The number of carbonyl (C=O) groups excluding carboxylic acids is 1. The summed E-state index contributed by atoms with van der Waals surface area (Å²) in [5.74, 6) is -1.76. The Bertz CT molecular complexity index is 1140. The minimum atomic E-state index is -5.22. The summed E-state index contributed by atoms with van der Waals surface area (Å²) in [7, 11) is -4.09. The molecule has 2 aromatic rings. The summed E-state index contributed by atoms with van der Waals surface area (Å²) in [6.45, 7) is 1.04. The zero-order valence-corrected chi connectivity index (χ0v) is 18.3. The Balaban J connectivity index is 1.92. The molecule has 0 aromatic heterocycles. The van der Waals surface area contributed by atoms with Gasteiger partial charge in [0.25, 0.3) is 5.91 Å². The van der Waals surface area contributed by atoms with Gasteiger partial charge in [0.1, 0.15) is 0 Å². The molecule has 174 valence electrons. The number of hydrogen-bond donors (Lipinski definition) is 3. The van der Waals surface area contributed by atoms with Crippen LogP contribution in [0.2, 0.25) is 5.02 Å². The number of sulfone groups is 1. The third kappa shape index (κ3) is 4.56. The number of nitrogens with one attached hydrogen (secondary N) is 1. The average molecular weight is 493 g/mol. The van der Waals surface area contributed by atoms with E-state index in [4.69, 9.17) is 11.6 Å². The fourth-order valence-electron chi connectivity index (χ4n) is 3.17. The molecule has 0 saturated carbocycles. The van der Waals surface area contributed by atoms with Crippen molar-refractivity contribution in [2.24, 2.45) is 0 Å². The molecule has 12 heteroatoms. The lowest BCUT2D eigenvalue weighted by Crippen LogP contribution is -2.52. The Kier molecular flexibility index (Phi) is 6.49. The average Bonchev–Trinajstić information content (AvgIpc) is 3.14. The molecule has 0 bridgehead atoms. The van der Waals surface area contributed by atoms with Gasteiger partial charge in [0, 0.05) is 13.1 Å². The van der Waals surface area contributed by atoms with Crippen molar-refractivity contribution in [2.45, 2.75) is 41.0 Å². The number of hydrogen-bond acceptors (Lipinski definition) is 6. The highest BCUT2D eigenvalue weighted by molar-refractivity contribution is 7.91. The van der Waals surface area contributed by atoms with Crippen LogP contribution in [0.25, 0.3) is 0 Å². The van der Waals surface area contributed by atoms with Crippen molar-refractivity contribution >= 4 is 38.7 Å². The van der Waals surface area contributed by atoms with Gasteiger partial charge < -0.3 is 20.4 Å². The van der Waals surface area contributed by atoms with Crippen molar-refractivity contribution in [2.75, 3.05) is 23.3 Å². The second-order valence-electron chi connectivity index (χ2n) is 7.53. The molecule has 0 radical (unpaired) electrons. The van der Waals surface area contributed by atoms with E-state index in [-0.39, 0.29) is 27.0 Å². The predicted octanol–water partition coefficient (Wildman–Crippen LogP) is 3.00. The van der Waals surface area contributed by atoms with Crippen LogP contribution in [0.4, 0.5) is 24.5 Å². The summed E-state index contributed by atoms with van der Waals surface area (Å²) < 4.78 is 65.0. The number of alkyl halides is 3. The molecule has 0 spiro atoms. The van der Waals surface area contributed by atoms with Crippen LogP contribution < -0.4 is 10.2 Å². The summed E-state index contributed by atoms with van der Waals surface area (Å²) in [5, 5.41) is 20.8. The van der Waals surface area contributed by atoms with E-state index in [9.17, 15) is 36.6 Å². The summed E-state index contributed by atoms with van der Waals surface area (Å²) in [6.07, 6.45) is -5.30. The van der Waals surface area contributed by atoms with Gasteiger partial charge in [0.2, 0.25) is 15.4 Å². The van der Waals surface area contributed by atoms with E-state index >= 15 is 0 Å². The maximum Gasteiger partial charge on any atom is 0.426 e. The molecule has 1 aliphatic heterocycles. The number of β-amino-alcohol motifs (C(OH)–C–C–N with tert-alkyl or cyclic N) is 1. The van der Waals surface area contributed by atoms with Crippen molar-refractivity contribution in [1.82, 2.24) is 0 Å². The number of nitrogens with zero attached hydrogens (tertiary/aromatic N) is 1. The second kappa shape index (κ2) is 8.54. The van der Waals surface area contributed by atoms with Crippen molar-refractivity contribution in [3.8, 4) is 0 Å². The number of aliphatic hydroxyl groups excluding tert-OH is 1. The molecule has 3 rings (SSSR count). The quantitative estimate of drug-likeness (QED) is 0.592. The first kappa shape index (κ1) is 24.3. The van der Waals surface area contributed by atoms with Gasteiger partial charge >= 0.3 is 6.18 Å². The summed E-state index contributed by atoms with van der Waals surface area (Å²) in [6, 6.07) is 9.36. The lowest BCUT2D eigenvalue weighted by atomic mass is 10.1. The Morgan fingerprint density at radius 2 is 1.88 bits per heavy atom. The molecule has 1 amide bonds. The summed E-state index contributed by atoms with van der Waals surface area (Å²) in [4.78, 5) is 13.3. The van der Waals surface area contributed by atoms with Crippen LogP contribution in [-0.4, -0.2) is 55.5 Å². The maximum atomic E-state index is 13.2. The molecular weight excluding hydrogens is 473 g/mol. The first-order valence-corrected chi connectivity index (χ1v) is 11.3. The standard InChI is InChI=1S/C20H20ClF3N2O5S/c1-19(29,20(22,23)24)18(28)25-15-7-6-13(10-14(15)21)32(30,31)17-5-3-2-4-16(17)26-9-8-12(27)11-26/h2-7,10,12,27,29H,8-9,11H2,1H3,(H,25,28)/t12?,19-/m1/s1. The molecule has 2 aromatic carbocycles. The van der Waals surface area contributed by atoms with Crippen molar-refractivity contribution in [3.63, 3.8) is 0 Å². The number of amides is 1. The number of rotatable bonds is 5. The molecule has 1 saturated heterocycles. The predicted molar refractivity (Wildman–Crippen MR) is 111 cm³/mol. The number of anilines is 2. The SMILES string of the molecule is C[C@@](O)(C(=O)Nc1ccc(S(=O)(=O)c2ccccc2N2CCC(O)C2)cc1Cl)C(F)(F)F. The zero-order valence-electron chi connectivity index (χ0n) is 16.7. The van der Waals surface area contributed by atoms with Gasteiger partial charge in [0.15, 0.2) is 0 Å². The Hall–Kier alpha value is -2.34. The minimum absolute atomic E-state index is 0.0260. The maximum absolute atomic E-state index is 13.2. The van der Waals surface area contributed by atoms with Gasteiger partial charge in [-0.1, -0.05) is 23.7 Å². The first-order valence-electron chi connectivity index (χ1n) is 9.42. The third-order valence-corrected chi connectivity index (χ3v) is 7.26. The Labute approximate surface area is 187 Å². The van der Waals surface area contributed by atoms with Gasteiger partial charge in [-0.2, -0.15) is 13.2 Å². The van der Waals surface area contributed by atoms with Gasteiger partial charge in [-0.25, -0.2) is 8.42 Å². The third-order valence-electron chi connectivity index (χ3n) is 5.15. The Morgan fingerprint density at radius 1 is 1.22 bits per heavy atom. The van der Waals surface area contributed by atoms with Crippen LogP contribution in [0.15, 0.2) is 52.3 Å². The molecular formula is C20H20ClF3N2O5S. The number of carbonyl (C=O) groups is 1. The summed E-state index contributed by atoms with van der Waals surface area (Å²) in [5.41, 5.74) is -3.56. The summed E-state index contributed by atoms with van der Waals surface area (Å²) >= 11 is 6.03. The van der Waals surface area contributed by atoms with Crippen LogP contribution in [0, 0.1) is 0 Å². The molecule has 1 heterocycles. The van der Waals surface area contributed by atoms with Crippen molar-refractivity contribution in [3.05, 3.63) is 47.5 Å². The smallest absolute Gasteiger partial charge is 0.391 e. The number of aliphatic hydroxyl groups is 2. The number of para-hydroxylation sites is 1. The first-order chi connectivity index (χ1) is 14.7. The highest BCUT2D eigenvalue weighted by atomic mass is 35.5. The van der Waals surface area contributed by atoms with Crippen LogP contribution in [0.3, 0.4) is 0 Å². The highest BCUT2D eigenvalue weighted by Gasteiger charge is 2.55. The molecule has 0 aliphatic carbocycles. The molecule has 1 aliphatic rings. The number of halogens is 4. The van der Waals surface area contributed by atoms with Gasteiger partial charge in [-0.3, -0.25) is 4.79 Å². The second-order valence-corrected chi connectivity index (χ2v) is 9.85. The minimum Gasteiger partial charge on any atom is -0.391 e. The fraction of sp³-hybridized carbons (Fsp3) is 0.350. The van der Waals surface area contributed by atoms with Gasteiger partial charge in [0.05, 0.1) is 32.3 Å². The zero-order chi connectivity index (χ0) is 23.9.